The highest BCUT2D eigenvalue weighted by atomic mass is 19.4. The van der Waals surface area contributed by atoms with Gasteiger partial charge in [-0.3, -0.25) is 4.79 Å². The molecule has 0 aliphatic heterocycles. The second-order valence-electron chi connectivity index (χ2n) is 7.72. The molecule has 5 nitrogen and oxygen atoms in total. The van der Waals surface area contributed by atoms with Gasteiger partial charge in [0.25, 0.3) is 0 Å². The van der Waals surface area contributed by atoms with Crippen LogP contribution in [0.3, 0.4) is 0 Å². The number of nitrogens with one attached hydrogen (secondary N) is 2. The van der Waals surface area contributed by atoms with Crippen LogP contribution in [0.25, 0.3) is 10.9 Å². The smallest absolute Gasteiger partial charge is 0.416 e. The second kappa shape index (κ2) is 8.63. The fraction of sp³-hybridized carbons (Fsp3) is 0.348. The molecule has 164 valence electrons. The van der Waals surface area contributed by atoms with Gasteiger partial charge in [0.1, 0.15) is 5.75 Å². The number of hydrogen-bond acceptors (Lipinski definition) is 3. The van der Waals surface area contributed by atoms with E-state index in [0.29, 0.717) is 18.8 Å². The van der Waals surface area contributed by atoms with Gasteiger partial charge in [-0.25, -0.2) is 0 Å². The van der Waals surface area contributed by atoms with Gasteiger partial charge in [-0.2, -0.15) is 13.2 Å². The summed E-state index contributed by atoms with van der Waals surface area (Å²) >= 11 is 0. The zero-order valence-corrected chi connectivity index (χ0v) is 17.0. The number of H-pyrrole nitrogens is 1. The summed E-state index contributed by atoms with van der Waals surface area (Å²) in [6, 6.07) is 10.5. The molecular formula is C23H23F3N2O3. The molecule has 1 fully saturated rings. The van der Waals surface area contributed by atoms with Crippen molar-refractivity contribution in [3.05, 3.63) is 59.8 Å². The van der Waals surface area contributed by atoms with Gasteiger partial charge >= 0.3 is 6.18 Å². The quantitative estimate of drug-likeness (QED) is 0.541. The van der Waals surface area contributed by atoms with Gasteiger partial charge in [0.15, 0.2) is 0 Å². The van der Waals surface area contributed by atoms with Crippen molar-refractivity contribution in [1.29, 1.82) is 0 Å². The molecule has 0 atom stereocenters. The van der Waals surface area contributed by atoms with Crippen molar-refractivity contribution in [3.8, 4) is 5.75 Å². The second-order valence-corrected chi connectivity index (χ2v) is 7.72. The number of aromatic nitrogens is 1. The van der Waals surface area contributed by atoms with E-state index in [4.69, 9.17) is 9.47 Å². The number of anilines is 1. The molecule has 0 bridgehead atoms. The van der Waals surface area contributed by atoms with Gasteiger partial charge in [0.2, 0.25) is 5.91 Å². The molecule has 1 saturated carbocycles. The van der Waals surface area contributed by atoms with Gasteiger partial charge in [-0.15, -0.1) is 0 Å². The number of ether oxygens (including phenoxy) is 2. The Bertz CT molecular complexity index is 1050. The minimum Gasteiger partial charge on any atom is -0.493 e. The lowest BCUT2D eigenvalue weighted by atomic mass is 9.81. The number of benzene rings is 2. The number of rotatable bonds is 7. The molecule has 1 heterocycles. The summed E-state index contributed by atoms with van der Waals surface area (Å²) in [4.78, 5) is 15.6. The van der Waals surface area contributed by atoms with Crippen molar-refractivity contribution in [3.63, 3.8) is 0 Å². The monoisotopic (exact) mass is 432 g/mol. The van der Waals surface area contributed by atoms with Crippen LogP contribution < -0.4 is 10.1 Å². The SMILES string of the molecule is COC1CC(C(=O)Nc2c[nH]c3ccc(CCOc4ccc(C(F)(F)F)cc4)cc23)C1. The third-order valence-corrected chi connectivity index (χ3v) is 5.64. The zero-order chi connectivity index (χ0) is 22.0. The highest BCUT2D eigenvalue weighted by Gasteiger charge is 2.34. The minimum absolute atomic E-state index is 0.00904. The Kier molecular flexibility index (Phi) is 5.91. The summed E-state index contributed by atoms with van der Waals surface area (Å²) in [5, 5.41) is 3.89. The summed E-state index contributed by atoms with van der Waals surface area (Å²) in [7, 11) is 1.65. The molecule has 1 amide bonds. The number of carbonyl (C=O) groups is 1. The Hall–Kier alpha value is -3.00. The summed E-state index contributed by atoms with van der Waals surface area (Å²) in [6.07, 6.45) is -0.378. The highest BCUT2D eigenvalue weighted by molar-refractivity contribution is 6.02. The normalized spacial score (nSPS) is 18.6. The van der Waals surface area contributed by atoms with Gasteiger partial charge < -0.3 is 19.8 Å². The number of alkyl halides is 3. The maximum atomic E-state index is 12.6. The van der Waals surface area contributed by atoms with E-state index in [2.05, 4.69) is 10.3 Å². The largest absolute Gasteiger partial charge is 0.493 e. The van der Waals surface area contributed by atoms with E-state index in [0.717, 1.165) is 47.1 Å². The van der Waals surface area contributed by atoms with Crippen LogP contribution in [0.2, 0.25) is 0 Å². The summed E-state index contributed by atoms with van der Waals surface area (Å²) in [5.41, 5.74) is 1.93. The van der Waals surface area contributed by atoms with Crippen molar-refractivity contribution < 1.29 is 27.4 Å². The van der Waals surface area contributed by atoms with Crippen molar-refractivity contribution in [2.45, 2.75) is 31.5 Å². The first-order valence-corrected chi connectivity index (χ1v) is 10.1. The van der Waals surface area contributed by atoms with Crippen molar-refractivity contribution in [2.24, 2.45) is 5.92 Å². The van der Waals surface area contributed by atoms with Crippen LogP contribution in [0, 0.1) is 5.92 Å². The van der Waals surface area contributed by atoms with Gasteiger partial charge in [0, 0.05) is 36.5 Å². The average molecular weight is 432 g/mol. The summed E-state index contributed by atoms with van der Waals surface area (Å²) < 4.78 is 48.7. The summed E-state index contributed by atoms with van der Waals surface area (Å²) in [5.74, 6) is 0.346. The van der Waals surface area contributed by atoms with E-state index >= 15 is 0 Å². The lowest BCUT2D eigenvalue weighted by molar-refractivity contribution is -0.137. The predicted molar refractivity (Wildman–Crippen MR) is 111 cm³/mol. The van der Waals surface area contributed by atoms with E-state index in [9.17, 15) is 18.0 Å². The molecule has 0 saturated heterocycles. The topological polar surface area (TPSA) is 63.3 Å². The van der Waals surface area contributed by atoms with Crippen molar-refractivity contribution in [1.82, 2.24) is 4.98 Å². The lowest BCUT2D eigenvalue weighted by Crippen LogP contribution is -2.38. The van der Waals surface area contributed by atoms with Crippen LogP contribution in [0.15, 0.2) is 48.7 Å². The molecule has 0 radical (unpaired) electrons. The molecular weight excluding hydrogens is 409 g/mol. The standard InChI is InChI=1S/C23H23F3N2O3/c1-30-18-11-15(12-18)22(29)28-21-13-27-20-7-2-14(10-19(20)21)8-9-31-17-5-3-16(4-6-17)23(24,25)26/h2-7,10,13,15,18,27H,8-9,11-12H2,1H3,(H,28,29). The molecule has 1 aromatic heterocycles. The first-order valence-electron chi connectivity index (χ1n) is 10.1. The average Bonchev–Trinajstić information content (AvgIpc) is 3.09. The van der Waals surface area contributed by atoms with Crippen molar-refractivity contribution in [2.75, 3.05) is 19.0 Å². The number of aromatic amines is 1. The Morgan fingerprint density at radius 1 is 1.16 bits per heavy atom. The molecule has 2 aromatic carbocycles. The first kappa shape index (κ1) is 21.2. The van der Waals surface area contributed by atoms with Gasteiger partial charge in [-0.1, -0.05) is 6.07 Å². The van der Waals surface area contributed by atoms with E-state index < -0.39 is 11.7 Å². The van der Waals surface area contributed by atoms with Crippen LogP contribution in [0.5, 0.6) is 5.75 Å². The van der Waals surface area contributed by atoms with Crippen LogP contribution in [0.4, 0.5) is 18.9 Å². The Morgan fingerprint density at radius 3 is 2.58 bits per heavy atom. The maximum absolute atomic E-state index is 12.6. The Labute approximate surface area is 177 Å². The molecule has 0 spiro atoms. The number of fused-ring (bicyclic) bond motifs is 1. The van der Waals surface area contributed by atoms with Crippen molar-refractivity contribution >= 4 is 22.5 Å². The molecule has 0 unspecified atom stereocenters. The third kappa shape index (κ3) is 4.85. The molecule has 1 aliphatic rings. The number of carbonyl (C=O) groups excluding carboxylic acids is 1. The van der Waals surface area contributed by atoms with E-state index in [1.165, 1.54) is 12.1 Å². The maximum Gasteiger partial charge on any atom is 0.416 e. The minimum atomic E-state index is -4.36. The Balaban J connectivity index is 1.35. The van der Waals surface area contributed by atoms with Crippen LogP contribution in [0.1, 0.15) is 24.0 Å². The van der Waals surface area contributed by atoms with Crippen LogP contribution in [-0.2, 0) is 22.1 Å². The summed E-state index contributed by atoms with van der Waals surface area (Å²) in [6.45, 7) is 0.323. The van der Waals surface area contributed by atoms with E-state index in [1.54, 1.807) is 13.3 Å². The third-order valence-electron chi connectivity index (χ3n) is 5.64. The van der Waals surface area contributed by atoms with Gasteiger partial charge in [0.05, 0.1) is 24.0 Å². The number of halogens is 3. The zero-order valence-electron chi connectivity index (χ0n) is 17.0. The number of methoxy groups -OCH3 is 1. The Morgan fingerprint density at radius 2 is 1.90 bits per heavy atom. The van der Waals surface area contributed by atoms with Crippen LogP contribution >= 0.6 is 0 Å². The first-order chi connectivity index (χ1) is 14.8. The highest BCUT2D eigenvalue weighted by Crippen LogP contribution is 2.32. The lowest BCUT2D eigenvalue weighted by Gasteiger charge is -2.32. The molecule has 3 aromatic rings. The fourth-order valence-corrected chi connectivity index (χ4v) is 3.66. The molecule has 4 rings (SSSR count). The van der Waals surface area contributed by atoms with E-state index in [-0.39, 0.29) is 17.9 Å². The molecule has 31 heavy (non-hydrogen) atoms. The number of amides is 1. The number of hydrogen-bond donors (Lipinski definition) is 2. The predicted octanol–water partition coefficient (Wildman–Crippen LogP) is 5.17. The molecule has 1 aliphatic carbocycles. The fourth-order valence-electron chi connectivity index (χ4n) is 3.66. The van der Waals surface area contributed by atoms with Gasteiger partial charge in [-0.05, 0) is 54.8 Å². The van der Waals surface area contributed by atoms with Crippen LogP contribution in [-0.4, -0.2) is 30.7 Å². The molecule has 8 heteroatoms. The molecule has 2 N–H and O–H groups in total. The van der Waals surface area contributed by atoms with E-state index in [1.807, 2.05) is 18.2 Å².